The summed E-state index contributed by atoms with van der Waals surface area (Å²) in [6, 6.07) is 5.63. The molecule has 0 spiro atoms. The van der Waals surface area contributed by atoms with Gasteiger partial charge in [0.05, 0.1) is 6.61 Å². The van der Waals surface area contributed by atoms with Crippen LogP contribution in [0, 0.1) is 6.92 Å². The van der Waals surface area contributed by atoms with Gasteiger partial charge in [-0.3, -0.25) is 4.79 Å². The van der Waals surface area contributed by atoms with Crippen LogP contribution < -0.4 is 4.74 Å². The van der Waals surface area contributed by atoms with Gasteiger partial charge in [-0.2, -0.15) is 0 Å². The standard InChI is InChI=1S/C16H23NO3/c1-12-6-7-15(14(10-12)11-18)20-13(2)16(19)17-8-4-3-5-9-17/h6-7,10,13,18H,3-5,8-9,11H2,1-2H3. The number of hydrogen-bond donors (Lipinski definition) is 1. The minimum absolute atomic E-state index is 0.0363. The monoisotopic (exact) mass is 277 g/mol. The average molecular weight is 277 g/mol. The Labute approximate surface area is 120 Å². The molecule has 1 saturated heterocycles. The van der Waals surface area contributed by atoms with Crippen molar-refractivity contribution in [2.24, 2.45) is 0 Å². The van der Waals surface area contributed by atoms with E-state index in [1.807, 2.05) is 30.0 Å². The molecule has 4 heteroatoms. The van der Waals surface area contributed by atoms with Gasteiger partial charge in [0.15, 0.2) is 6.10 Å². The van der Waals surface area contributed by atoms with E-state index in [0.717, 1.165) is 37.1 Å². The van der Waals surface area contributed by atoms with Crippen molar-refractivity contribution in [3.8, 4) is 5.75 Å². The topological polar surface area (TPSA) is 49.8 Å². The number of carbonyl (C=O) groups excluding carboxylic acids is 1. The van der Waals surface area contributed by atoms with Crippen LogP contribution in [0.4, 0.5) is 0 Å². The summed E-state index contributed by atoms with van der Waals surface area (Å²) in [5.74, 6) is 0.630. The number of aryl methyl sites for hydroxylation is 1. The number of ether oxygens (including phenoxy) is 1. The van der Waals surface area contributed by atoms with E-state index in [1.54, 1.807) is 6.92 Å². The first kappa shape index (κ1) is 14.9. The van der Waals surface area contributed by atoms with Gasteiger partial charge < -0.3 is 14.7 Å². The molecular weight excluding hydrogens is 254 g/mol. The minimum Gasteiger partial charge on any atom is -0.481 e. The van der Waals surface area contributed by atoms with E-state index in [4.69, 9.17) is 4.74 Å². The lowest BCUT2D eigenvalue weighted by atomic mass is 10.1. The van der Waals surface area contributed by atoms with Crippen LogP contribution in [0.2, 0.25) is 0 Å². The predicted octanol–water partition coefficient (Wildman–Crippen LogP) is 2.27. The van der Waals surface area contributed by atoms with Crippen LogP contribution in [-0.2, 0) is 11.4 Å². The van der Waals surface area contributed by atoms with Gasteiger partial charge in [-0.1, -0.05) is 17.7 Å². The summed E-state index contributed by atoms with van der Waals surface area (Å²) in [7, 11) is 0. The largest absolute Gasteiger partial charge is 0.481 e. The van der Waals surface area contributed by atoms with E-state index in [1.165, 1.54) is 6.42 Å². The van der Waals surface area contributed by atoms with Gasteiger partial charge in [-0.05, 0) is 39.2 Å². The van der Waals surface area contributed by atoms with Crippen LogP contribution >= 0.6 is 0 Å². The Morgan fingerprint density at radius 2 is 2.05 bits per heavy atom. The molecule has 4 nitrogen and oxygen atoms in total. The van der Waals surface area contributed by atoms with Crippen molar-refractivity contribution in [1.29, 1.82) is 0 Å². The fourth-order valence-corrected chi connectivity index (χ4v) is 2.56. The molecule has 20 heavy (non-hydrogen) atoms. The average Bonchev–Trinajstić information content (AvgIpc) is 2.49. The normalized spacial score (nSPS) is 16.9. The van der Waals surface area contributed by atoms with Crippen molar-refractivity contribution in [2.75, 3.05) is 13.1 Å². The number of likely N-dealkylation sites (tertiary alicyclic amines) is 1. The molecule has 0 bridgehead atoms. The highest BCUT2D eigenvalue weighted by atomic mass is 16.5. The van der Waals surface area contributed by atoms with Gasteiger partial charge in [-0.25, -0.2) is 0 Å². The molecule has 0 aliphatic carbocycles. The SMILES string of the molecule is Cc1ccc(OC(C)C(=O)N2CCCCC2)c(CO)c1. The molecule has 0 aromatic heterocycles. The van der Waals surface area contributed by atoms with Gasteiger partial charge in [0, 0.05) is 18.7 Å². The van der Waals surface area contributed by atoms with E-state index < -0.39 is 6.10 Å². The molecular formula is C16H23NO3. The molecule has 0 saturated carbocycles. The van der Waals surface area contributed by atoms with Gasteiger partial charge in [0.1, 0.15) is 5.75 Å². The number of piperidine rings is 1. The second-order valence-electron chi connectivity index (χ2n) is 5.42. The zero-order valence-electron chi connectivity index (χ0n) is 12.3. The third-order valence-corrected chi connectivity index (χ3v) is 3.71. The third kappa shape index (κ3) is 3.51. The summed E-state index contributed by atoms with van der Waals surface area (Å²) >= 11 is 0. The Bertz CT molecular complexity index is 467. The summed E-state index contributed by atoms with van der Waals surface area (Å²) in [6.45, 7) is 5.31. The van der Waals surface area contributed by atoms with Gasteiger partial charge >= 0.3 is 0 Å². The van der Waals surface area contributed by atoms with Gasteiger partial charge in [0.25, 0.3) is 5.91 Å². The molecule has 1 atom stereocenters. The molecule has 1 aromatic carbocycles. The smallest absolute Gasteiger partial charge is 0.263 e. The lowest BCUT2D eigenvalue weighted by molar-refractivity contribution is -0.138. The molecule has 1 amide bonds. The van der Waals surface area contributed by atoms with Crippen molar-refractivity contribution in [2.45, 2.75) is 45.8 Å². The highest BCUT2D eigenvalue weighted by molar-refractivity contribution is 5.81. The van der Waals surface area contributed by atoms with Crippen LogP contribution in [0.1, 0.15) is 37.3 Å². The first-order valence-corrected chi connectivity index (χ1v) is 7.27. The maximum absolute atomic E-state index is 12.3. The van der Waals surface area contributed by atoms with Crippen molar-refractivity contribution < 1.29 is 14.6 Å². The van der Waals surface area contributed by atoms with E-state index in [2.05, 4.69) is 0 Å². The molecule has 0 radical (unpaired) electrons. The number of amides is 1. The summed E-state index contributed by atoms with van der Waals surface area (Å²) in [5.41, 5.74) is 1.79. The van der Waals surface area contributed by atoms with E-state index in [9.17, 15) is 9.90 Å². The molecule has 1 N–H and O–H groups in total. The molecule has 1 heterocycles. The predicted molar refractivity (Wildman–Crippen MR) is 77.6 cm³/mol. The fourth-order valence-electron chi connectivity index (χ4n) is 2.56. The van der Waals surface area contributed by atoms with Crippen LogP contribution in [-0.4, -0.2) is 35.1 Å². The highest BCUT2D eigenvalue weighted by Crippen LogP contribution is 2.22. The van der Waals surface area contributed by atoms with Crippen molar-refractivity contribution >= 4 is 5.91 Å². The van der Waals surface area contributed by atoms with Crippen molar-refractivity contribution in [3.63, 3.8) is 0 Å². The number of benzene rings is 1. The van der Waals surface area contributed by atoms with E-state index in [0.29, 0.717) is 5.75 Å². The van der Waals surface area contributed by atoms with Gasteiger partial charge in [-0.15, -0.1) is 0 Å². The molecule has 1 unspecified atom stereocenters. The number of aliphatic hydroxyl groups excluding tert-OH is 1. The highest BCUT2D eigenvalue weighted by Gasteiger charge is 2.24. The van der Waals surface area contributed by atoms with Crippen LogP contribution in [0.15, 0.2) is 18.2 Å². The number of carbonyl (C=O) groups is 1. The first-order chi connectivity index (χ1) is 9.61. The zero-order valence-corrected chi connectivity index (χ0v) is 12.3. The molecule has 1 aliphatic rings. The summed E-state index contributed by atoms with van der Waals surface area (Å²) in [6.07, 6.45) is 2.84. The van der Waals surface area contributed by atoms with Crippen LogP contribution in [0.25, 0.3) is 0 Å². The second-order valence-corrected chi connectivity index (χ2v) is 5.42. The Morgan fingerprint density at radius 3 is 2.70 bits per heavy atom. The lowest BCUT2D eigenvalue weighted by Gasteiger charge is -2.29. The Kier molecular flexibility index (Phi) is 5.01. The molecule has 1 aliphatic heterocycles. The maximum Gasteiger partial charge on any atom is 0.263 e. The summed E-state index contributed by atoms with van der Waals surface area (Å²) in [4.78, 5) is 14.2. The third-order valence-electron chi connectivity index (χ3n) is 3.71. The molecule has 1 aromatic rings. The summed E-state index contributed by atoms with van der Waals surface area (Å²) in [5, 5.41) is 9.37. The Balaban J connectivity index is 2.03. The first-order valence-electron chi connectivity index (χ1n) is 7.27. The van der Waals surface area contributed by atoms with Gasteiger partial charge in [0.2, 0.25) is 0 Å². The van der Waals surface area contributed by atoms with E-state index >= 15 is 0 Å². The number of nitrogens with zero attached hydrogens (tertiary/aromatic N) is 1. The zero-order chi connectivity index (χ0) is 14.5. The fraction of sp³-hybridized carbons (Fsp3) is 0.562. The van der Waals surface area contributed by atoms with Crippen molar-refractivity contribution in [1.82, 2.24) is 4.90 Å². The number of hydrogen-bond acceptors (Lipinski definition) is 3. The second kappa shape index (κ2) is 6.75. The summed E-state index contributed by atoms with van der Waals surface area (Å²) < 4.78 is 5.76. The number of aliphatic hydroxyl groups is 1. The maximum atomic E-state index is 12.3. The number of rotatable bonds is 4. The van der Waals surface area contributed by atoms with Crippen molar-refractivity contribution in [3.05, 3.63) is 29.3 Å². The Hall–Kier alpha value is -1.55. The quantitative estimate of drug-likeness (QED) is 0.918. The minimum atomic E-state index is -0.513. The van der Waals surface area contributed by atoms with E-state index in [-0.39, 0.29) is 12.5 Å². The molecule has 1 fully saturated rings. The van der Waals surface area contributed by atoms with Crippen LogP contribution in [0.5, 0.6) is 5.75 Å². The molecule has 110 valence electrons. The Morgan fingerprint density at radius 1 is 1.35 bits per heavy atom. The van der Waals surface area contributed by atoms with Crippen LogP contribution in [0.3, 0.4) is 0 Å². The molecule has 2 rings (SSSR count). The lowest BCUT2D eigenvalue weighted by Crippen LogP contribution is -2.43.